The molecule has 1 saturated heterocycles. The Balaban J connectivity index is 2.04. The van der Waals surface area contributed by atoms with E-state index in [0.717, 1.165) is 4.47 Å². The Labute approximate surface area is 139 Å². The summed E-state index contributed by atoms with van der Waals surface area (Å²) in [5.74, 6) is -0.473. The predicted octanol–water partition coefficient (Wildman–Crippen LogP) is 1.91. The van der Waals surface area contributed by atoms with Crippen molar-refractivity contribution in [3.63, 3.8) is 0 Å². The Bertz CT molecular complexity index is 648. The molecule has 22 heavy (non-hydrogen) atoms. The Hall–Kier alpha value is -0.960. The zero-order chi connectivity index (χ0) is 16.3. The topological polar surface area (TPSA) is 69.7 Å². The van der Waals surface area contributed by atoms with E-state index in [1.54, 1.807) is 6.07 Å². The Morgan fingerprint density at radius 1 is 1.41 bits per heavy atom. The molecule has 0 spiro atoms. The van der Waals surface area contributed by atoms with Gasteiger partial charge in [0.1, 0.15) is 0 Å². The lowest BCUT2D eigenvalue weighted by Gasteiger charge is -2.32. The fourth-order valence-corrected chi connectivity index (χ4v) is 4.00. The van der Waals surface area contributed by atoms with Crippen molar-refractivity contribution in [1.82, 2.24) is 8.61 Å². The number of carbonyl (C=O) groups excluding carboxylic acids is 1. The van der Waals surface area contributed by atoms with E-state index in [4.69, 9.17) is 0 Å². The highest BCUT2D eigenvalue weighted by atomic mass is 79.9. The monoisotopic (exact) mass is 389 g/mol. The van der Waals surface area contributed by atoms with E-state index in [1.807, 2.05) is 18.2 Å². The maximum Gasteiger partial charge on any atom is 0.281 e. The second-order valence-electron chi connectivity index (χ2n) is 5.49. The largest absolute Gasteiger partial charge is 0.326 e. The number of hydrogen-bond donors (Lipinski definition) is 1. The molecule has 1 aliphatic rings. The van der Waals surface area contributed by atoms with Gasteiger partial charge in [-0.3, -0.25) is 4.79 Å². The summed E-state index contributed by atoms with van der Waals surface area (Å²) >= 11 is 3.36. The fraction of sp³-hybridized carbons (Fsp3) is 0.500. The van der Waals surface area contributed by atoms with E-state index in [9.17, 15) is 13.2 Å². The van der Waals surface area contributed by atoms with Crippen LogP contribution in [0.4, 0.5) is 5.69 Å². The minimum atomic E-state index is -3.47. The van der Waals surface area contributed by atoms with Crippen molar-refractivity contribution in [1.29, 1.82) is 0 Å². The Kier molecular flexibility index (Phi) is 5.60. The molecule has 122 valence electrons. The SMILES string of the molecule is CN(C)S(=O)(=O)N1CCC[C@@H](C(=O)Nc2cccc(Br)c2)C1. The van der Waals surface area contributed by atoms with Crippen LogP contribution in [-0.2, 0) is 15.0 Å². The molecule has 0 saturated carbocycles. The highest BCUT2D eigenvalue weighted by Gasteiger charge is 2.33. The van der Waals surface area contributed by atoms with Gasteiger partial charge in [-0.2, -0.15) is 17.0 Å². The number of benzene rings is 1. The lowest BCUT2D eigenvalue weighted by Crippen LogP contribution is -2.47. The number of halogens is 1. The van der Waals surface area contributed by atoms with Crippen LogP contribution in [0.15, 0.2) is 28.7 Å². The summed E-state index contributed by atoms with van der Waals surface area (Å²) in [7, 11) is -0.466. The number of nitrogens with zero attached hydrogens (tertiary/aromatic N) is 2. The normalized spacial score (nSPS) is 20.1. The van der Waals surface area contributed by atoms with Gasteiger partial charge in [-0.15, -0.1) is 0 Å². The Morgan fingerprint density at radius 2 is 2.14 bits per heavy atom. The average molecular weight is 390 g/mol. The van der Waals surface area contributed by atoms with Gasteiger partial charge in [0.15, 0.2) is 0 Å². The van der Waals surface area contributed by atoms with Gasteiger partial charge in [0.25, 0.3) is 10.2 Å². The first-order valence-electron chi connectivity index (χ1n) is 7.05. The van der Waals surface area contributed by atoms with Crippen LogP contribution in [0.1, 0.15) is 12.8 Å². The third-order valence-electron chi connectivity index (χ3n) is 3.63. The highest BCUT2D eigenvalue weighted by molar-refractivity contribution is 9.10. The Morgan fingerprint density at radius 3 is 2.77 bits per heavy atom. The molecular weight excluding hydrogens is 370 g/mol. The summed E-state index contributed by atoms with van der Waals surface area (Å²) < 4.78 is 27.8. The molecule has 6 nitrogen and oxygen atoms in total. The number of rotatable bonds is 4. The minimum absolute atomic E-state index is 0.142. The quantitative estimate of drug-likeness (QED) is 0.854. The first kappa shape index (κ1) is 17.4. The van der Waals surface area contributed by atoms with E-state index in [1.165, 1.54) is 22.7 Å². The third-order valence-corrected chi connectivity index (χ3v) is 6.04. The van der Waals surface area contributed by atoms with E-state index in [0.29, 0.717) is 25.1 Å². The van der Waals surface area contributed by atoms with Gasteiger partial charge >= 0.3 is 0 Å². The van der Waals surface area contributed by atoms with Gasteiger partial charge in [0.05, 0.1) is 5.92 Å². The highest BCUT2D eigenvalue weighted by Crippen LogP contribution is 2.22. The first-order chi connectivity index (χ1) is 10.3. The molecule has 2 rings (SSSR count). The molecule has 1 aromatic carbocycles. The number of anilines is 1. The molecule has 0 aliphatic carbocycles. The first-order valence-corrected chi connectivity index (χ1v) is 9.23. The second kappa shape index (κ2) is 7.08. The van der Waals surface area contributed by atoms with Crippen LogP contribution in [0.3, 0.4) is 0 Å². The lowest BCUT2D eigenvalue weighted by molar-refractivity contribution is -0.120. The van der Waals surface area contributed by atoms with Gasteiger partial charge in [0, 0.05) is 37.3 Å². The summed E-state index contributed by atoms with van der Waals surface area (Å²) in [5, 5.41) is 2.85. The lowest BCUT2D eigenvalue weighted by atomic mass is 9.99. The maximum absolute atomic E-state index is 12.4. The summed E-state index contributed by atoms with van der Waals surface area (Å²) in [6, 6.07) is 7.33. The van der Waals surface area contributed by atoms with Crippen LogP contribution in [-0.4, -0.2) is 50.1 Å². The van der Waals surface area contributed by atoms with Gasteiger partial charge in [0.2, 0.25) is 5.91 Å². The van der Waals surface area contributed by atoms with Crippen LogP contribution in [0, 0.1) is 5.92 Å². The molecule has 0 unspecified atom stereocenters. The molecule has 1 N–H and O–H groups in total. The summed E-state index contributed by atoms with van der Waals surface area (Å²) in [6.07, 6.45) is 1.38. The fourth-order valence-electron chi connectivity index (χ4n) is 2.41. The van der Waals surface area contributed by atoms with E-state index in [2.05, 4.69) is 21.2 Å². The molecule has 1 aliphatic heterocycles. The molecule has 1 heterocycles. The van der Waals surface area contributed by atoms with Crippen molar-refractivity contribution < 1.29 is 13.2 Å². The van der Waals surface area contributed by atoms with E-state index >= 15 is 0 Å². The minimum Gasteiger partial charge on any atom is -0.326 e. The van der Waals surface area contributed by atoms with Gasteiger partial charge in [-0.1, -0.05) is 22.0 Å². The molecule has 1 aromatic rings. The van der Waals surface area contributed by atoms with E-state index in [-0.39, 0.29) is 18.4 Å². The van der Waals surface area contributed by atoms with Crippen molar-refractivity contribution in [3.8, 4) is 0 Å². The zero-order valence-corrected chi connectivity index (χ0v) is 15.0. The summed E-state index contributed by atoms with van der Waals surface area (Å²) in [5.41, 5.74) is 0.701. The predicted molar refractivity (Wildman–Crippen MR) is 89.7 cm³/mol. The molecule has 1 atom stereocenters. The van der Waals surface area contributed by atoms with Crippen LogP contribution < -0.4 is 5.32 Å². The van der Waals surface area contributed by atoms with Gasteiger partial charge in [-0.05, 0) is 31.0 Å². The summed E-state index contributed by atoms with van der Waals surface area (Å²) in [4.78, 5) is 12.4. The molecule has 0 bridgehead atoms. The van der Waals surface area contributed by atoms with Crippen LogP contribution in [0.5, 0.6) is 0 Å². The maximum atomic E-state index is 12.4. The summed E-state index contributed by atoms with van der Waals surface area (Å²) in [6.45, 7) is 0.682. The average Bonchev–Trinajstić information content (AvgIpc) is 2.47. The zero-order valence-electron chi connectivity index (χ0n) is 12.6. The molecule has 1 fully saturated rings. The smallest absolute Gasteiger partial charge is 0.281 e. The van der Waals surface area contributed by atoms with Gasteiger partial charge < -0.3 is 5.32 Å². The van der Waals surface area contributed by atoms with Crippen molar-refractivity contribution >= 4 is 37.7 Å². The molecule has 0 radical (unpaired) electrons. The van der Waals surface area contributed by atoms with Crippen molar-refractivity contribution in [3.05, 3.63) is 28.7 Å². The molecule has 0 aromatic heterocycles. The third kappa shape index (κ3) is 4.07. The number of hydrogen-bond acceptors (Lipinski definition) is 3. The van der Waals surface area contributed by atoms with Crippen molar-refractivity contribution in [2.45, 2.75) is 12.8 Å². The van der Waals surface area contributed by atoms with Gasteiger partial charge in [-0.25, -0.2) is 0 Å². The van der Waals surface area contributed by atoms with Crippen molar-refractivity contribution in [2.24, 2.45) is 5.92 Å². The molecule has 8 heteroatoms. The van der Waals surface area contributed by atoms with Crippen LogP contribution >= 0.6 is 15.9 Å². The standard InChI is InChI=1S/C14H20BrN3O3S/c1-17(2)22(20,21)18-8-4-5-11(10-18)14(19)16-13-7-3-6-12(15)9-13/h3,6-7,9,11H,4-5,8,10H2,1-2H3,(H,16,19)/t11-/m1/s1. The molecular formula is C14H20BrN3O3S. The number of amides is 1. The number of carbonyl (C=O) groups is 1. The van der Waals surface area contributed by atoms with Crippen LogP contribution in [0.2, 0.25) is 0 Å². The van der Waals surface area contributed by atoms with E-state index < -0.39 is 10.2 Å². The molecule has 1 amide bonds. The van der Waals surface area contributed by atoms with Crippen molar-refractivity contribution in [2.75, 3.05) is 32.5 Å². The second-order valence-corrected chi connectivity index (χ2v) is 8.54. The number of piperidine rings is 1. The number of nitrogens with one attached hydrogen (secondary N) is 1. The van der Waals surface area contributed by atoms with Crippen LogP contribution in [0.25, 0.3) is 0 Å².